The van der Waals surface area contributed by atoms with Crippen molar-refractivity contribution >= 4 is 37.6 Å². The number of halogens is 1. The molecule has 0 radical (unpaired) electrons. The lowest BCUT2D eigenvalue weighted by Crippen LogP contribution is -2.37. The number of carboxylic acids is 1. The van der Waals surface area contributed by atoms with Crippen molar-refractivity contribution in [3.8, 4) is 0 Å². The predicted molar refractivity (Wildman–Crippen MR) is 86.1 cm³/mol. The molecule has 1 amide bonds. The monoisotopic (exact) mass is 391 g/mol. The molecule has 1 unspecified atom stereocenters. The smallest absolute Gasteiger partial charge is 0.308 e. The molecule has 1 atom stereocenters. The van der Waals surface area contributed by atoms with Gasteiger partial charge in [-0.05, 0) is 17.7 Å². The predicted octanol–water partition coefficient (Wildman–Crippen LogP) is 1.54. The first-order valence-corrected chi connectivity index (χ1v) is 9.14. The van der Waals surface area contributed by atoms with Crippen LogP contribution in [0.5, 0.6) is 0 Å². The zero-order valence-corrected chi connectivity index (χ0v) is 14.7. The second-order valence-electron chi connectivity index (χ2n) is 5.18. The molecule has 0 saturated carbocycles. The highest BCUT2D eigenvalue weighted by atomic mass is 79.9. The summed E-state index contributed by atoms with van der Waals surface area (Å²) in [4.78, 5) is 23.8. The van der Waals surface area contributed by atoms with Crippen molar-refractivity contribution in [2.24, 2.45) is 5.92 Å². The third-order valence-corrected chi connectivity index (χ3v) is 4.97. The van der Waals surface area contributed by atoms with Gasteiger partial charge in [0, 0.05) is 18.1 Å². The molecular weight excluding hydrogens is 374 g/mol. The fourth-order valence-corrected chi connectivity index (χ4v) is 3.65. The topological polar surface area (TPSA) is 91.8 Å². The maximum atomic E-state index is 12.1. The van der Waals surface area contributed by atoms with E-state index in [0.29, 0.717) is 5.56 Å². The number of carbonyl (C=O) groups is 2. The van der Waals surface area contributed by atoms with Crippen LogP contribution in [0.2, 0.25) is 0 Å². The Hall–Kier alpha value is -1.41. The third-order valence-electron chi connectivity index (χ3n) is 3.01. The van der Waals surface area contributed by atoms with Crippen LogP contribution in [0.3, 0.4) is 0 Å². The summed E-state index contributed by atoms with van der Waals surface area (Å²) >= 11 is 3.26. The molecule has 6 nitrogen and oxygen atoms in total. The molecule has 22 heavy (non-hydrogen) atoms. The van der Waals surface area contributed by atoms with E-state index in [1.54, 1.807) is 24.3 Å². The maximum Gasteiger partial charge on any atom is 0.308 e. The quantitative estimate of drug-likeness (QED) is 0.760. The minimum absolute atomic E-state index is 0.0272. The molecule has 0 fully saturated rings. The first-order chi connectivity index (χ1) is 10.1. The van der Waals surface area contributed by atoms with Crippen LogP contribution in [0.4, 0.5) is 0 Å². The second-order valence-corrected chi connectivity index (χ2v) is 8.16. The number of nitrogens with zero attached hydrogens (tertiary/aromatic N) is 1. The minimum Gasteiger partial charge on any atom is -0.481 e. The minimum atomic E-state index is -3.61. The van der Waals surface area contributed by atoms with Crippen LogP contribution in [0.25, 0.3) is 0 Å². The van der Waals surface area contributed by atoms with Crippen LogP contribution in [0, 0.1) is 5.92 Å². The van der Waals surface area contributed by atoms with E-state index in [0.717, 1.165) is 9.37 Å². The summed E-state index contributed by atoms with van der Waals surface area (Å²) in [5, 5.41) is 8.81. The van der Waals surface area contributed by atoms with E-state index < -0.39 is 33.4 Å². The number of hydrogen-bond acceptors (Lipinski definition) is 4. The van der Waals surface area contributed by atoms with Crippen molar-refractivity contribution in [1.82, 2.24) is 4.90 Å². The van der Waals surface area contributed by atoms with Gasteiger partial charge in [0.25, 0.3) is 0 Å². The van der Waals surface area contributed by atoms with Crippen molar-refractivity contribution in [2.45, 2.75) is 12.7 Å². The highest BCUT2D eigenvalue weighted by molar-refractivity contribution is 9.10. The van der Waals surface area contributed by atoms with Gasteiger partial charge in [-0.3, -0.25) is 9.59 Å². The van der Waals surface area contributed by atoms with Crippen molar-refractivity contribution in [3.63, 3.8) is 0 Å². The lowest BCUT2D eigenvalue weighted by Gasteiger charge is -2.19. The number of benzene rings is 1. The van der Waals surface area contributed by atoms with Gasteiger partial charge in [0.05, 0.1) is 11.7 Å². The Morgan fingerprint density at radius 3 is 2.55 bits per heavy atom. The zero-order chi connectivity index (χ0) is 16.9. The normalized spacial score (nSPS) is 12.7. The van der Waals surface area contributed by atoms with Gasteiger partial charge in [0.15, 0.2) is 9.84 Å². The summed E-state index contributed by atoms with van der Waals surface area (Å²) in [6.45, 7) is 1.43. The Kier molecular flexibility index (Phi) is 6.55. The maximum absolute atomic E-state index is 12.1. The third kappa shape index (κ3) is 6.15. The van der Waals surface area contributed by atoms with E-state index in [1.807, 2.05) is 0 Å². The van der Waals surface area contributed by atoms with E-state index in [4.69, 9.17) is 5.11 Å². The van der Waals surface area contributed by atoms with E-state index in [2.05, 4.69) is 15.9 Å². The fourth-order valence-electron chi connectivity index (χ4n) is 1.82. The van der Waals surface area contributed by atoms with Gasteiger partial charge in [0.2, 0.25) is 5.91 Å². The Balaban J connectivity index is 2.67. The van der Waals surface area contributed by atoms with Crippen molar-refractivity contribution < 1.29 is 23.1 Å². The van der Waals surface area contributed by atoms with Gasteiger partial charge in [-0.15, -0.1) is 0 Å². The molecule has 8 heteroatoms. The first-order valence-electron chi connectivity index (χ1n) is 6.52. The number of aliphatic carboxylic acids is 1. The van der Waals surface area contributed by atoms with Gasteiger partial charge in [-0.1, -0.05) is 35.0 Å². The van der Waals surface area contributed by atoms with Crippen molar-refractivity contribution in [2.75, 3.05) is 19.3 Å². The molecular formula is C14H18BrNO5S. The summed E-state index contributed by atoms with van der Waals surface area (Å²) in [7, 11) is -2.21. The Morgan fingerprint density at radius 1 is 1.36 bits per heavy atom. The van der Waals surface area contributed by atoms with Gasteiger partial charge in [-0.25, -0.2) is 8.42 Å². The number of carboxylic acid groups (broad SMARTS) is 1. The number of hydrogen-bond donors (Lipinski definition) is 1. The molecule has 1 aromatic carbocycles. The summed E-state index contributed by atoms with van der Waals surface area (Å²) in [5.41, 5.74) is 0.587. The number of sulfone groups is 1. The first kappa shape index (κ1) is 18.6. The molecule has 0 heterocycles. The van der Waals surface area contributed by atoms with Gasteiger partial charge < -0.3 is 10.0 Å². The van der Waals surface area contributed by atoms with Crippen LogP contribution < -0.4 is 0 Å². The standard InChI is InChI=1S/C14H18BrNO5S/c1-10(14(18)19)7-16(2)13(17)9-22(20,21)8-11-4-3-5-12(15)6-11/h3-6,10H,7-9H2,1-2H3,(H,18,19). The molecule has 122 valence electrons. The van der Waals surface area contributed by atoms with Crippen LogP contribution >= 0.6 is 15.9 Å². The van der Waals surface area contributed by atoms with E-state index >= 15 is 0 Å². The highest BCUT2D eigenvalue weighted by Crippen LogP contribution is 2.14. The van der Waals surface area contributed by atoms with E-state index in [-0.39, 0.29) is 12.3 Å². The van der Waals surface area contributed by atoms with E-state index in [9.17, 15) is 18.0 Å². The van der Waals surface area contributed by atoms with Gasteiger partial charge in [-0.2, -0.15) is 0 Å². The molecule has 0 aliphatic carbocycles. The highest BCUT2D eigenvalue weighted by Gasteiger charge is 2.23. The van der Waals surface area contributed by atoms with Crippen LogP contribution in [-0.4, -0.2) is 49.6 Å². The lowest BCUT2D eigenvalue weighted by molar-refractivity contribution is -0.142. The number of carbonyl (C=O) groups excluding carboxylic acids is 1. The van der Waals surface area contributed by atoms with Gasteiger partial charge in [0.1, 0.15) is 5.75 Å². The lowest BCUT2D eigenvalue weighted by atomic mass is 10.2. The van der Waals surface area contributed by atoms with Gasteiger partial charge >= 0.3 is 5.97 Å². The molecule has 1 aromatic rings. The van der Waals surface area contributed by atoms with Crippen LogP contribution in [0.1, 0.15) is 12.5 Å². The molecule has 0 aliphatic heterocycles. The Labute approximate surface area is 138 Å². The second kappa shape index (κ2) is 7.73. The largest absolute Gasteiger partial charge is 0.481 e. The van der Waals surface area contributed by atoms with Crippen molar-refractivity contribution in [1.29, 1.82) is 0 Å². The Bertz CT molecular complexity index is 659. The molecule has 1 N–H and O–H groups in total. The molecule has 0 bridgehead atoms. The average Bonchev–Trinajstić information content (AvgIpc) is 2.36. The molecule has 1 rings (SSSR count). The summed E-state index contributed by atoms with van der Waals surface area (Å²) in [5.74, 6) is -3.26. The summed E-state index contributed by atoms with van der Waals surface area (Å²) in [6, 6.07) is 6.85. The molecule has 0 spiro atoms. The number of amides is 1. The number of rotatable bonds is 7. The molecule has 0 aromatic heterocycles. The SMILES string of the molecule is CC(CN(C)C(=O)CS(=O)(=O)Cc1cccc(Br)c1)C(=O)O. The van der Waals surface area contributed by atoms with Crippen LogP contribution in [-0.2, 0) is 25.2 Å². The molecule has 0 aliphatic rings. The summed E-state index contributed by atoms with van der Waals surface area (Å²) in [6.07, 6.45) is 0. The summed E-state index contributed by atoms with van der Waals surface area (Å²) < 4.78 is 24.9. The van der Waals surface area contributed by atoms with Crippen molar-refractivity contribution in [3.05, 3.63) is 34.3 Å². The Morgan fingerprint density at radius 2 is 2.00 bits per heavy atom. The fraction of sp³-hybridized carbons (Fsp3) is 0.429. The van der Waals surface area contributed by atoms with Crippen LogP contribution in [0.15, 0.2) is 28.7 Å². The molecule has 0 saturated heterocycles. The zero-order valence-electron chi connectivity index (χ0n) is 12.3. The average molecular weight is 392 g/mol. The van der Waals surface area contributed by atoms with E-state index in [1.165, 1.54) is 14.0 Å².